The van der Waals surface area contributed by atoms with Crippen LogP contribution in [-0.2, 0) is 11.1 Å². The van der Waals surface area contributed by atoms with Crippen LogP contribution in [0.25, 0.3) is 0 Å². The Morgan fingerprint density at radius 2 is 2.09 bits per heavy atom. The molecule has 1 amide bonds. The predicted octanol–water partition coefficient (Wildman–Crippen LogP) is 1.99. The van der Waals surface area contributed by atoms with Crippen molar-refractivity contribution >= 4 is 28.6 Å². The summed E-state index contributed by atoms with van der Waals surface area (Å²) in [7, 11) is 1.66. The fraction of sp³-hybridized carbons (Fsp3) is 0.467. The first-order chi connectivity index (χ1) is 10.5. The molecule has 2 aliphatic rings. The van der Waals surface area contributed by atoms with Crippen molar-refractivity contribution in [2.45, 2.75) is 38.1 Å². The molecule has 1 aromatic rings. The lowest BCUT2D eigenvalue weighted by Gasteiger charge is -2.37. The molecular formula is C15H20N3O3S-. The number of anilines is 1. The summed E-state index contributed by atoms with van der Waals surface area (Å²) in [6, 6.07) is 4.85. The summed E-state index contributed by atoms with van der Waals surface area (Å²) in [4.78, 5) is 20.4. The van der Waals surface area contributed by atoms with Crippen LogP contribution in [0.4, 0.5) is 5.69 Å². The van der Waals surface area contributed by atoms with E-state index in [1.165, 1.54) is 17.0 Å². The minimum atomic E-state index is -2.34. The maximum absolute atomic E-state index is 12.3. The van der Waals surface area contributed by atoms with E-state index in [1.54, 1.807) is 13.1 Å². The highest BCUT2D eigenvalue weighted by atomic mass is 32.2. The average molecular weight is 322 g/mol. The van der Waals surface area contributed by atoms with E-state index < -0.39 is 11.1 Å². The molecule has 2 aliphatic heterocycles. The summed E-state index contributed by atoms with van der Waals surface area (Å²) >= 11 is -2.34. The van der Waals surface area contributed by atoms with E-state index in [0.29, 0.717) is 18.1 Å². The zero-order valence-electron chi connectivity index (χ0n) is 13.2. The SMILES string of the molecule is CC.CC[C@H]1CN=C2N(C)C(=O)c3cc(S(=O)[O-])ccc3N21. The van der Waals surface area contributed by atoms with Gasteiger partial charge in [-0.3, -0.25) is 18.9 Å². The molecule has 1 unspecified atom stereocenters. The van der Waals surface area contributed by atoms with Crippen LogP contribution in [0.2, 0.25) is 0 Å². The van der Waals surface area contributed by atoms with E-state index in [0.717, 1.165) is 12.1 Å². The average Bonchev–Trinajstić information content (AvgIpc) is 2.98. The largest absolute Gasteiger partial charge is 0.768 e. The van der Waals surface area contributed by atoms with Crippen molar-refractivity contribution in [2.24, 2.45) is 4.99 Å². The number of carbonyl (C=O) groups excluding carboxylic acids is 1. The van der Waals surface area contributed by atoms with Gasteiger partial charge in [-0.1, -0.05) is 20.8 Å². The Morgan fingerprint density at radius 1 is 1.41 bits per heavy atom. The standard InChI is InChI=1S/C13H15N3O3S.C2H6/c1-3-8-7-14-13-15(2)12(17)10-6-9(20(18)19)4-5-11(10)16(8)13;1-2/h4-6,8H,3,7H2,1-2H3,(H,18,19);1-2H3/p-1/t8-;/m0./s1. The molecule has 0 saturated carbocycles. The van der Waals surface area contributed by atoms with Gasteiger partial charge in [0, 0.05) is 11.9 Å². The second-order valence-corrected chi connectivity index (χ2v) is 5.79. The Labute approximate surface area is 133 Å². The van der Waals surface area contributed by atoms with Crippen molar-refractivity contribution in [3.05, 3.63) is 23.8 Å². The third kappa shape index (κ3) is 2.55. The maximum Gasteiger partial charge on any atom is 0.262 e. The van der Waals surface area contributed by atoms with Crippen LogP contribution in [0, 0.1) is 0 Å². The highest BCUT2D eigenvalue weighted by Gasteiger charge is 2.39. The third-order valence-corrected chi connectivity index (χ3v) is 4.39. The van der Waals surface area contributed by atoms with Gasteiger partial charge in [-0.25, -0.2) is 0 Å². The first-order valence-electron chi connectivity index (χ1n) is 7.39. The van der Waals surface area contributed by atoms with Gasteiger partial charge in [0.05, 0.1) is 23.8 Å². The zero-order valence-corrected chi connectivity index (χ0v) is 14.0. The monoisotopic (exact) mass is 322 g/mol. The van der Waals surface area contributed by atoms with Gasteiger partial charge in [-0.2, -0.15) is 0 Å². The maximum atomic E-state index is 12.3. The molecule has 0 bridgehead atoms. The topological polar surface area (TPSA) is 76.0 Å². The number of benzene rings is 1. The predicted molar refractivity (Wildman–Crippen MR) is 85.9 cm³/mol. The van der Waals surface area contributed by atoms with E-state index in [1.807, 2.05) is 18.7 Å². The Bertz CT molecular complexity index is 645. The van der Waals surface area contributed by atoms with Crippen molar-refractivity contribution in [3.8, 4) is 0 Å². The van der Waals surface area contributed by atoms with Crippen molar-refractivity contribution in [1.82, 2.24) is 4.90 Å². The van der Waals surface area contributed by atoms with Crippen LogP contribution in [0.1, 0.15) is 37.6 Å². The van der Waals surface area contributed by atoms with Gasteiger partial charge in [-0.15, -0.1) is 0 Å². The van der Waals surface area contributed by atoms with Crippen LogP contribution >= 0.6 is 0 Å². The molecule has 0 fully saturated rings. The fourth-order valence-corrected chi connectivity index (χ4v) is 3.06. The molecule has 0 aliphatic carbocycles. The smallest absolute Gasteiger partial charge is 0.262 e. The lowest BCUT2D eigenvalue weighted by molar-refractivity contribution is 0.0864. The summed E-state index contributed by atoms with van der Waals surface area (Å²) in [5, 5.41) is 0. The van der Waals surface area contributed by atoms with E-state index in [-0.39, 0.29) is 16.8 Å². The van der Waals surface area contributed by atoms with Crippen LogP contribution in [0.3, 0.4) is 0 Å². The highest BCUT2D eigenvalue weighted by Crippen LogP contribution is 2.34. The molecule has 0 radical (unpaired) electrons. The first kappa shape index (κ1) is 16.6. The zero-order chi connectivity index (χ0) is 16.4. The van der Waals surface area contributed by atoms with Gasteiger partial charge in [0.15, 0.2) is 0 Å². The molecule has 1 aromatic carbocycles. The van der Waals surface area contributed by atoms with Gasteiger partial charge >= 0.3 is 0 Å². The molecule has 120 valence electrons. The molecule has 0 spiro atoms. The minimum Gasteiger partial charge on any atom is -0.768 e. The fourth-order valence-electron chi connectivity index (χ4n) is 2.66. The summed E-state index contributed by atoms with van der Waals surface area (Å²) < 4.78 is 22.1. The van der Waals surface area contributed by atoms with E-state index in [9.17, 15) is 13.6 Å². The number of hydrogen-bond donors (Lipinski definition) is 0. The van der Waals surface area contributed by atoms with Gasteiger partial charge in [0.25, 0.3) is 5.91 Å². The normalized spacial score (nSPS) is 20.7. The van der Waals surface area contributed by atoms with Gasteiger partial charge in [0.1, 0.15) is 0 Å². The van der Waals surface area contributed by atoms with Gasteiger partial charge in [-0.05, 0) is 35.7 Å². The molecule has 22 heavy (non-hydrogen) atoms. The van der Waals surface area contributed by atoms with Crippen molar-refractivity contribution in [2.75, 3.05) is 18.5 Å². The number of amides is 1. The summed E-state index contributed by atoms with van der Waals surface area (Å²) in [5.41, 5.74) is 1.15. The van der Waals surface area contributed by atoms with Crippen molar-refractivity contribution < 1.29 is 13.6 Å². The lowest BCUT2D eigenvalue weighted by Crippen LogP contribution is -2.51. The number of fused-ring (bicyclic) bond motifs is 3. The Morgan fingerprint density at radius 3 is 2.68 bits per heavy atom. The van der Waals surface area contributed by atoms with E-state index >= 15 is 0 Å². The number of hydrogen-bond acceptors (Lipinski definition) is 5. The Hall–Kier alpha value is -1.73. The second kappa shape index (κ2) is 6.58. The van der Waals surface area contributed by atoms with Crippen LogP contribution < -0.4 is 4.90 Å². The summed E-state index contributed by atoms with van der Waals surface area (Å²) in [6.07, 6.45) is 0.906. The molecule has 3 rings (SSSR count). The Balaban J connectivity index is 0.000000847. The van der Waals surface area contributed by atoms with Crippen LogP contribution in [0.15, 0.2) is 28.1 Å². The summed E-state index contributed by atoms with van der Waals surface area (Å²) in [6.45, 7) is 6.72. The second-order valence-electron chi connectivity index (χ2n) is 4.85. The van der Waals surface area contributed by atoms with Crippen LogP contribution in [-0.4, -0.2) is 45.2 Å². The number of rotatable bonds is 2. The third-order valence-electron chi connectivity index (χ3n) is 3.75. The molecule has 7 heteroatoms. The van der Waals surface area contributed by atoms with Gasteiger partial charge < -0.3 is 9.45 Å². The molecular weight excluding hydrogens is 302 g/mol. The number of nitrogens with zero attached hydrogens (tertiary/aromatic N) is 3. The molecule has 2 atom stereocenters. The molecule has 0 N–H and O–H groups in total. The van der Waals surface area contributed by atoms with Crippen LogP contribution in [0.5, 0.6) is 0 Å². The Kier molecular flexibility index (Phi) is 4.97. The number of aliphatic imine (C=N–C) groups is 1. The lowest BCUT2D eigenvalue weighted by atomic mass is 10.1. The van der Waals surface area contributed by atoms with Crippen molar-refractivity contribution in [3.63, 3.8) is 0 Å². The van der Waals surface area contributed by atoms with E-state index in [2.05, 4.69) is 11.9 Å². The number of carbonyl (C=O) groups is 1. The molecule has 0 aromatic heterocycles. The molecule has 0 saturated heterocycles. The quantitative estimate of drug-likeness (QED) is 0.780. The molecule has 2 heterocycles. The van der Waals surface area contributed by atoms with Gasteiger partial charge in [0.2, 0.25) is 5.96 Å². The minimum absolute atomic E-state index is 0.123. The van der Waals surface area contributed by atoms with Crippen molar-refractivity contribution in [1.29, 1.82) is 0 Å². The number of guanidine groups is 1. The van der Waals surface area contributed by atoms with E-state index in [4.69, 9.17) is 0 Å². The summed E-state index contributed by atoms with van der Waals surface area (Å²) in [5.74, 6) is 0.421. The highest BCUT2D eigenvalue weighted by molar-refractivity contribution is 7.79. The first-order valence-corrected chi connectivity index (χ1v) is 8.47. The molecule has 6 nitrogen and oxygen atoms in total.